The molecule has 2 aliphatic heterocycles. The quantitative estimate of drug-likeness (QED) is 0.824. The highest BCUT2D eigenvalue weighted by Gasteiger charge is 2.41. The van der Waals surface area contributed by atoms with Crippen LogP contribution in [0.3, 0.4) is 0 Å². The topological polar surface area (TPSA) is 32.5 Å². The number of likely N-dealkylation sites (tertiary alicyclic amines) is 1. The molecule has 3 nitrogen and oxygen atoms in total. The Bertz CT molecular complexity index is 239. The number of hydrogen-bond acceptors (Lipinski definition) is 4. The van der Waals surface area contributed by atoms with Gasteiger partial charge in [-0.15, -0.1) is 0 Å². The van der Waals surface area contributed by atoms with Crippen LogP contribution < -0.4 is 5.73 Å². The molecule has 2 rings (SSSR count). The van der Waals surface area contributed by atoms with Gasteiger partial charge >= 0.3 is 0 Å². The molecular weight excluding hydrogens is 230 g/mol. The van der Waals surface area contributed by atoms with E-state index in [1.165, 1.54) is 50.5 Å². The molecule has 1 unspecified atom stereocenters. The molecule has 2 saturated heterocycles. The van der Waals surface area contributed by atoms with Crippen LogP contribution in [0.4, 0.5) is 0 Å². The van der Waals surface area contributed by atoms with Crippen molar-refractivity contribution in [3.63, 3.8) is 0 Å². The van der Waals surface area contributed by atoms with Gasteiger partial charge in [0.25, 0.3) is 0 Å². The minimum Gasteiger partial charge on any atom is -0.329 e. The summed E-state index contributed by atoms with van der Waals surface area (Å²) in [4.78, 5) is 5.27. The highest BCUT2D eigenvalue weighted by Crippen LogP contribution is 2.32. The van der Waals surface area contributed by atoms with Crippen molar-refractivity contribution in [3.8, 4) is 0 Å². The van der Waals surface area contributed by atoms with Crippen molar-refractivity contribution in [1.29, 1.82) is 0 Å². The third kappa shape index (κ3) is 2.80. The van der Waals surface area contributed by atoms with Crippen molar-refractivity contribution >= 4 is 11.8 Å². The normalized spacial score (nSPS) is 31.6. The SMILES string of the molecule is CCN1CCC(CN)(N2CCSCC2C)CC1. The summed E-state index contributed by atoms with van der Waals surface area (Å²) in [6.45, 7) is 10.3. The largest absolute Gasteiger partial charge is 0.329 e. The number of piperidine rings is 1. The van der Waals surface area contributed by atoms with Gasteiger partial charge in [0.2, 0.25) is 0 Å². The lowest BCUT2D eigenvalue weighted by molar-refractivity contribution is 0.0106. The van der Waals surface area contributed by atoms with Gasteiger partial charge in [-0.2, -0.15) is 11.8 Å². The van der Waals surface area contributed by atoms with E-state index < -0.39 is 0 Å². The lowest BCUT2D eigenvalue weighted by Gasteiger charge is -2.52. The maximum atomic E-state index is 6.15. The average molecular weight is 257 g/mol. The molecule has 1 atom stereocenters. The van der Waals surface area contributed by atoms with E-state index >= 15 is 0 Å². The van der Waals surface area contributed by atoms with Crippen molar-refractivity contribution in [3.05, 3.63) is 0 Å². The van der Waals surface area contributed by atoms with Crippen LogP contribution in [-0.2, 0) is 0 Å². The molecule has 2 N–H and O–H groups in total. The Balaban J connectivity index is 2.03. The first-order valence-corrected chi connectivity index (χ1v) is 8.14. The minimum absolute atomic E-state index is 0.298. The van der Waals surface area contributed by atoms with Crippen molar-refractivity contribution < 1.29 is 0 Å². The van der Waals surface area contributed by atoms with Crippen LogP contribution in [0.5, 0.6) is 0 Å². The molecule has 0 aromatic heterocycles. The Kier molecular flexibility index (Phi) is 4.75. The van der Waals surface area contributed by atoms with Crippen LogP contribution in [0.25, 0.3) is 0 Å². The summed E-state index contributed by atoms with van der Waals surface area (Å²) in [6, 6.07) is 0.700. The van der Waals surface area contributed by atoms with E-state index in [0.29, 0.717) is 11.6 Å². The van der Waals surface area contributed by atoms with E-state index in [0.717, 1.165) is 6.54 Å². The minimum atomic E-state index is 0.298. The van der Waals surface area contributed by atoms with Crippen molar-refractivity contribution in [2.75, 3.05) is 44.2 Å². The third-order valence-electron chi connectivity index (χ3n) is 4.59. The second-order valence-corrected chi connectivity index (χ2v) is 6.63. The molecule has 0 aliphatic carbocycles. The summed E-state index contributed by atoms with van der Waals surface area (Å²) in [7, 11) is 0. The molecule has 0 aromatic rings. The Morgan fingerprint density at radius 2 is 2.00 bits per heavy atom. The number of nitrogens with zero attached hydrogens (tertiary/aromatic N) is 2. The maximum absolute atomic E-state index is 6.15. The van der Waals surface area contributed by atoms with E-state index in [-0.39, 0.29) is 0 Å². The molecular formula is C13H27N3S. The Morgan fingerprint density at radius 3 is 2.53 bits per heavy atom. The molecule has 0 amide bonds. The summed E-state index contributed by atoms with van der Waals surface area (Å²) < 4.78 is 0. The van der Waals surface area contributed by atoms with Crippen LogP contribution in [0.15, 0.2) is 0 Å². The Morgan fingerprint density at radius 1 is 1.29 bits per heavy atom. The third-order valence-corrected chi connectivity index (χ3v) is 5.78. The first kappa shape index (κ1) is 13.7. The van der Waals surface area contributed by atoms with Crippen LogP contribution in [0.2, 0.25) is 0 Å². The molecule has 0 radical (unpaired) electrons. The van der Waals surface area contributed by atoms with Crippen LogP contribution in [-0.4, -0.2) is 65.6 Å². The highest BCUT2D eigenvalue weighted by molar-refractivity contribution is 7.99. The highest BCUT2D eigenvalue weighted by atomic mass is 32.2. The number of hydrogen-bond donors (Lipinski definition) is 1. The Hall–Kier alpha value is 0.230. The molecule has 17 heavy (non-hydrogen) atoms. The smallest absolute Gasteiger partial charge is 0.0359 e. The Labute approximate surface area is 110 Å². The fourth-order valence-corrected chi connectivity index (χ4v) is 4.34. The van der Waals surface area contributed by atoms with E-state index in [9.17, 15) is 0 Å². The van der Waals surface area contributed by atoms with Gasteiger partial charge in [-0.1, -0.05) is 6.92 Å². The average Bonchev–Trinajstić information content (AvgIpc) is 2.39. The van der Waals surface area contributed by atoms with E-state index in [1.807, 2.05) is 0 Å². The second-order valence-electron chi connectivity index (χ2n) is 5.48. The molecule has 2 aliphatic rings. The van der Waals surface area contributed by atoms with E-state index in [1.54, 1.807) is 0 Å². The zero-order valence-electron chi connectivity index (χ0n) is 11.3. The summed E-state index contributed by atoms with van der Waals surface area (Å²) in [5.41, 5.74) is 6.45. The molecule has 0 saturated carbocycles. The molecule has 0 spiro atoms. The van der Waals surface area contributed by atoms with Gasteiger partial charge < -0.3 is 10.6 Å². The molecule has 2 fully saturated rings. The fourth-order valence-electron chi connectivity index (χ4n) is 3.33. The number of thioether (sulfide) groups is 1. The van der Waals surface area contributed by atoms with E-state index in [2.05, 4.69) is 35.4 Å². The lowest BCUT2D eigenvalue weighted by Crippen LogP contribution is -2.63. The van der Waals surface area contributed by atoms with Gasteiger partial charge in [0.1, 0.15) is 0 Å². The predicted molar refractivity (Wildman–Crippen MR) is 76.6 cm³/mol. The maximum Gasteiger partial charge on any atom is 0.0359 e. The first-order valence-electron chi connectivity index (χ1n) is 6.99. The van der Waals surface area contributed by atoms with Crippen molar-refractivity contribution in [1.82, 2.24) is 9.80 Å². The van der Waals surface area contributed by atoms with Crippen LogP contribution >= 0.6 is 11.8 Å². The van der Waals surface area contributed by atoms with Crippen molar-refractivity contribution in [2.45, 2.75) is 38.3 Å². The molecule has 100 valence electrons. The number of nitrogens with two attached hydrogens (primary N) is 1. The van der Waals surface area contributed by atoms with E-state index in [4.69, 9.17) is 5.73 Å². The molecule has 2 heterocycles. The van der Waals surface area contributed by atoms with Gasteiger partial charge in [0.15, 0.2) is 0 Å². The predicted octanol–water partition coefficient (Wildman–Crippen LogP) is 1.24. The standard InChI is InChI=1S/C13H27N3S/c1-3-15-6-4-13(11-14,5-7-15)16-8-9-17-10-12(16)2/h12H,3-11,14H2,1-2H3. The van der Waals surface area contributed by atoms with Crippen LogP contribution in [0.1, 0.15) is 26.7 Å². The summed E-state index contributed by atoms with van der Waals surface area (Å²) >= 11 is 2.09. The lowest BCUT2D eigenvalue weighted by atomic mass is 9.84. The number of rotatable bonds is 3. The zero-order chi connectivity index (χ0) is 12.3. The van der Waals surface area contributed by atoms with Gasteiger partial charge in [0.05, 0.1) is 0 Å². The first-order chi connectivity index (χ1) is 8.22. The zero-order valence-corrected chi connectivity index (χ0v) is 12.1. The van der Waals surface area contributed by atoms with Crippen molar-refractivity contribution in [2.24, 2.45) is 5.73 Å². The van der Waals surface area contributed by atoms with Gasteiger partial charge in [0, 0.05) is 36.2 Å². The molecule has 0 aromatic carbocycles. The second kappa shape index (κ2) is 5.91. The monoisotopic (exact) mass is 257 g/mol. The summed E-state index contributed by atoms with van der Waals surface area (Å²) in [5, 5.41) is 0. The van der Waals surface area contributed by atoms with Crippen LogP contribution in [0, 0.1) is 0 Å². The van der Waals surface area contributed by atoms with Gasteiger partial charge in [-0.05, 0) is 39.4 Å². The molecule has 0 bridgehead atoms. The fraction of sp³-hybridized carbons (Fsp3) is 1.00. The summed E-state index contributed by atoms with van der Waals surface area (Å²) in [6.07, 6.45) is 2.51. The summed E-state index contributed by atoms with van der Waals surface area (Å²) in [5.74, 6) is 2.56. The van der Waals surface area contributed by atoms with Gasteiger partial charge in [-0.3, -0.25) is 4.90 Å². The van der Waals surface area contributed by atoms with Gasteiger partial charge in [-0.25, -0.2) is 0 Å². The molecule has 4 heteroatoms.